The van der Waals surface area contributed by atoms with Crippen molar-refractivity contribution in [3.05, 3.63) is 95.2 Å². The van der Waals surface area contributed by atoms with Gasteiger partial charge in [0, 0.05) is 23.1 Å². The summed E-state index contributed by atoms with van der Waals surface area (Å²) in [5.74, 6) is 1.78. The molecule has 0 saturated heterocycles. The molecule has 0 amide bonds. The zero-order valence-corrected chi connectivity index (χ0v) is 17.7. The number of aromatic amines is 1. The minimum atomic E-state index is 0. The van der Waals surface area contributed by atoms with E-state index in [0.717, 1.165) is 30.0 Å². The number of benzene rings is 3. The molecule has 3 aromatic carbocycles. The molecule has 5 rings (SSSR count). The van der Waals surface area contributed by atoms with Crippen LogP contribution < -0.4 is 14.8 Å². The Kier molecular flexibility index (Phi) is 5.98. The van der Waals surface area contributed by atoms with Crippen LogP contribution in [0.4, 0.5) is 0 Å². The molecule has 4 aromatic rings. The third kappa shape index (κ3) is 3.89. The van der Waals surface area contributed by atoms with Gasteiger partial charge in [0.15, 0.2) is 0 Å². The van der Waals surface area contributed by atoms with Crippen LogP contribution in [-0.4, -0.2) is 18.6 Å². The van der Waals surface area contributed by atoms with E-state index in [0.29, 0.717) is 6.61 Å². The van der Waals surface area contributed by atoms with Crippen LogP contribution in [0.3, 0.4) is 0 Å². The van der Waals surface area contributed by atoms with Crippen molar-refractivity contribution in [1.82, 2.24) is 10.3 Å². The van der Waals surface area contributed by atoms with Crippen LogP contribution >= 0.6 is 12.4 Å². The van der Waals surface area contributed by atoms with Gasteiger partial charge in [-0.1, -0.05) is 42.5 Å². The van der Waals surface area contributed by atoms with Crippen molar-refractivity contribution in [2.75, 3.05) is 13.7 Å². The fraction of sp³-hybridized carbons (Fsp3) is 0.200. The van der Waals surface area contributed by atoms with E-state index in [4.69, 9.17) is 9.47 Å². The number of fused-ring (bicyclic) bond motifs is 3. The SMILES string of the molecule is COc1cccc(C2NCCc3c2[nH]c2ccc(OCc4ccccc4)cc32)c1.Cl. The maximum Gasteiger partial charge on any atom is 0.120 e. The first-order chi connectivity index (χ1) is 14.3. The summed E-state index contributed by atoms with van der Waals surface area (Å²) < 4.78 is 11.5. The number of methoxy groups -OCH3 is 1. The standard InChI is InChI=1S/C25H24N2O2.ClH/c1-28-19-9-5-8-18(14-19)24-25-21(12-13-26-24)22-15-20(10-11-23(22)27-25)29-16-17-6-3-2-4-7-17;/h2-11,14-15,24,26-27H,12-13,16H2,1H3;1H. The quantitative estimate of drug-likeness (QED) is 0.453. The van der Waals surface area contributed by atoms with Crippen molar-refractivity contribution in [1.29, 1.82) is 0 Å². The molecule has 154 valence electrons. The molecule has 2 heterocycles. The summed E-state index contributed by atoms with van der Waals surface area (Å²) in [6.07, 6.45) is 0.998. The Balaban J connectivity index is 0.00000218. The van der Waals surface area contributed by atoms with Gasteiger partial charge in [0.25, 0.3) is 0 Å². The van der Waals surface area contributed by atoms with Gasteiger partial charge >= 0.3 is 0 Å². The van der Waals surface area contributed by atoms with E-state index in [2.05, 4.69) is 46.7 Å². The highest BCUT2D eigenvalue weighted by atomic mass is 35.5. The van der Waals surface area contributed by atoms with Gasteiger partial charge in [-0.05, 0) is 53.4 Å². The van der Waals surface area contributed by atoms with Crippen LogP contribution in [0.2, 0.25) is 0 Å². The van der Waals surface area contributed by atoms with Crippen molar-refractivity contribution >= 4 is 23.3 Å². The molecule has 0 spiro atoms. The second-order valence-electron chi connectivity index (χ2n) is 7.41. The number of halogens is 1. The van der Waals surface area contributed by atoms with Gasteiger partial charge in [0.1, 0.15) is 18.1 Å². The van der Waals surface area contributed by atoms with Gasteiger partial charge in [0.05, 0.1) is 13.2 Å². The van der Waals surface area contributed by atoms with E-state index in [-0.39, 0.29) is 18.4 Å². The van der Waals surface area contributed by atoms with E-state index in [1.807, 2.05) is 36.4 Å². The third-order valence-electron chi connectivity index (χ3n) is 5.60. The molecular formula is C25H25ClN2O2. The Morgan fingerprint density at radius 3 is 2.63 bits per heavy atom. The third-order valence-corrected chi connectivity index (χ3v) is 5.60. The van der Waals surface area contributed by atoms with Gasteiger partial charge in [-0.2, -0.15) is 0 Å². The first-order valence-corrected chi connectivity index (χ1v) is 10.0. The molecular weight excluding hydrogens is 396 g/mol. The predicted octanol–water partition coefficient (Wildman–Crippen LogP) is 5.41. The Hall–Kier alpha value is -2.95. The molecule has 0 saturated carbocycles. The second-order valence-corrected chi connectivity index (χ2v) is 7.41. The van der Waals surface area contributed by atoms with Gasteiger partial charge in [-0.15, -0.1) is 12.4 Å². The molecule has 0 bridgehead atoms. The highest BCUT2D eigenvalue weighted by Gasteiger charge is 2.25. The molecule has 4 nitrogen and oxygen atoms in total. The van der Waals surface area contributed by atoms with Crippen molar-refractivity contribution in [3.63, 3.8) is 0 Å². The summed E-state index contributed by atoms with van der Waals surface area (Å²) in [4.78, 5) is 3.64. The lowest BCUT2D eigenvalue weighted by molar-refractivity contribution is 0.306. The molecule has 2 N–H and O–H groups in total. The molecule has 5 heteroatoms. The Morgan fingerprint density at radius 2 is 1.80 bits per heavy atom. The number of nitrogens with one attached hydrogen (secondary N) is 2. The minimum Gasteiger partial charge on any atom is -0.497 e. The maximum atomic E-state index is 6.06. The number of H-pyrrole nitrogens is 1. The maximum absolute atomic E-state index is 6.06. The minimum absolute atomic E-state index is 0. The highest BCUT2D eigenvalue weighted by molar-refractivity contribution is 5.86. The molecule has 1 aliphatic rings. The van der Waals surface area contributed by atoms with E-state index in [1.54, 1.807) is 7.11 Å². The van der Waals surface area contributed by atoms with Crippen molar-refractivity contribution in [2.45, 2.75) is 19.1 Å². The van der Waals surface area contributed by atoms with Crippen molar-refractivity contribution in [3.8, 4) is 11.5 Å². The number of aromatic nitrogens is 1. The first-order valence-electron chi connectivity index (χ1n) is 10.0. The fourth-order valence-corrected chi connectivity index (χ4v) is 4.14. The fourth-order valence-electron chi connectivity index (χ4n) is 4.14. The molecule has 1 aliphatic heterocycles. The summed E-state index contributed by atoms with van der Waals surface area (Å²) in [6.45, 7) is 1.52. The van der Waals surface area contributed by atoms with Crippen LogP contribution in [0.5, 0.6) is 11.5 Å². The lowest BCUT2D eigenvalue weighted by Gasteiger charge is -2.25. The normalized spacial score (nSPS) is 15.3. The van der Waals surface area contributed by atoms with Gasteiger partial charge < -0.3 is 19.8 Å². The molecule has 0 fully saturated rings. The summed E-state index contributed by atoms with van der Waals surface area (Å²) >= 11 is 0. The Bertz CT molecular complexity index is 1140. The van der Waals surface area contributed by atoms with Gasteiger partial charge in [0.2, 0.25) is 0 Å². The summed E-state index contributed by atoms with van der Waals surface area (Å²) in [5.41, 5.74) is 6.14. The van der Waals surface area contributed by atoms with Crippen LogP contribution in [0, 0.1) is 0 Å². The summed E-state index contributed by atoms with van der Waals surface area (Å²) in [7, 11) is 1.71. The molecule has 0 aliphatic carbocycles. The first kappa shape index (κ1) is 20.3. The summed E-state index contributed by atoms with van der Waals surface area (Å²) in [6, 6.07) is 25.0. The van der Waals surface area contributed by atoms with Crippen LogP contribution in [0.15, 0.2) is 72.8 Å². The lowest BCUT2D eigenvalue weighted by Crippen LogP contribution is -2.30. The van der Waals surface area contributed by atoms with E-state index < -0.39 is 0 Å². The van der Waals surface area contributed by atoms with Crippen LogP contribution in [0.1, 0.15) is 28.4 Å². The zero-order valence-electron chi connectivity index (χ0n) is 16.9. The van der Waals surface area contributed by atoms with Crippen LogP contribution in [-0.2, 0) is 13.0 Å². The number of ether oxygens (including phenoxy) is 2. The van der Waals surface area contributed by atoms with E-state index in [9.17, 15) is 0 Å². The van der Waals surface area contributed by atoms with Crippen molar-refractivity contribution in [2.24, 2.45) is 0 Å². The Labute approximate surface area is 182 Å². The second kappa shape index (κ2) is 8.82. The molecule has 1 aromatic heterocycles. The molecule has 1 unspecified atom stereocenters. The molecule has 30 heavy (non-hydrogen) atoms. The summed E-state index contributed by atoms with van der Waals surface area (Å²) in [5, 5.41) is 4.90. The van der Waals surface area contributed by atoms with Gasteiger partial charge in [-0.3, -0.25) is 0 Å². The van der Waals surface area contributed by atoms with Crippen LogP contribution in [0.25, 0.3) is 10.9 Å². The largest absolute Gasteiger partial charge is 0.497 e. The smallest absolute Gasteiger partial charge is 0.120 e. The van der Waals surface area contributed by atoms with Crippen molar-refractivity contribution < 1.29 is 9.47 Å². The Morgan fingerprint density at radius 1 is 0.933 bits per heavy atom. The topological polar surface area (TPSA) is 46.3 Å². The average molecular weight is 421 g/mol. The predicted molar refractivity (Wildman–Crippen MR) is 123 cm³/mol. The van der Waals surface area contributed by atoms with E-state index >= 15 is 0 Å². The highest BCUT2D eigenvalue weighted by Crippen LogP contribution is 2.35. The van der Waals surface area contributed by atoms with E-state index in [1.165, 1.54) is 27.8 Å². The number of hydrogen-bond acceptors (Lipinski definition) is 3. The zero-order chi connectivity index (χ0) is 19.6. The lowest BCUT2D eigenvalue weighted by atomic mass is 9.94. The number of rotatable bonds is 5. The van der Waals surface area contributed by atoms with Gasteiger partial charge in [-0.25, -0.2) is 0 Å². The molecule has 1 atom stereocenters. The monoisotopic (exact) mass is 420 g/mol. The average Bonchev–Trinajstić information content (AvgIpc) is 3.16. The number of hydrogen-bond donors (Lipinski definition) is 2. The molecule has 0 radical (unpaired) electrons.